The van der Waals surface area contributed by atoms with Crippen molar-refractivity contribution >= 4 is 34.5 Å². The molecule has 0 aliphatic heterocycles. The van der Waals surface area contributed by atoms with Gasteiger partial charge in [0.1, 0.15) is 10.0 Å². The molecule has 0 bridgehead atoms. The first-order valence-corrected chi connectivity index (χ1v) is 5.96. The van der Waals surface area contributed by atoms with Gasteiger partial charge in [-0.3, -0.25) is 0 Å². The van der Waals surface area contributed by atoms with Gasteiger partial charge >= 0.3 is 0 Å². The molecule has 0 aromatic carbocycles. The molecule has 0 radical (unpaired) electrons. The number of hydrogen-bond donors (Lipinski definition) is 0. The third-order valence-electron chi connectivity index (χ3n) is 1.57. The Morgan fingerprint density at radius 2 is 2.36 bits per heavy atom. The Balaban J connectivity index is 1.81. The van der Waals surface area contributed by atoms with Gasteiger partial charge in [0, 0.05) is 16.4 Å². The summed E-state index contributed by atoms with van der Waals surface area (Å²) in [6, 6.07) is 4.03. The highest BCUT2D eigenvalue weighted by Crippen LogP contribution is 2.18. The van der Waals surface area contributed by atoms with Crippen molar-refractivity contribution in [3.8, 4) is 0 Å². The minimum absolute atomic E-state index is 0.424. The second-order valence-corrected chi connectivity index (χ2v) is 4.95. The molecule has 2 aromatic heterocycles. The molecule has 0 unspecified atom stereocenters. The lowest BCUT2D eigenvalue weighted by atomic mass is 10.5. The lowest BCUT2D eigenvalue weighted by molar-refractivity contribution is 0.106. The summed E-state index contributed by atoms with van der Waals surface area (Å²) in [6.45, 7) is 1.03. The fourth-order valence-corrected chi connectivity index (χ4v) is 2.17. The molecule has 3 nitrogen and oxygen atoms in total. The fourth-order valence-electron chi connectivity index (χ4n) is 0.926. The van der Waals surface area contributed by atoms with Crippen LogP contribution in [0.2, 0.25) is 4.34 Å². The molecule has 2 heterocycles. The van der Waals surface area contributed by atoms with E-state index in [1.54, 1.807) is 11.3 Å². The van der Waals surface area contributed by atoms with Gasteiger partial charge in [-0.15, -0.1) is 16.4 Å². The number of ether oxygens (including phenoxy) is 1. The number of thiophene rings is 1. The van der Waals surface area contributed by atoms with Crippen molar-refractivity contribution < 1.29 is 4.74 Å². The topological polar surface area (TPSA) is 35.0 Å². The summed E-state index contributed by atoms with van der Waals surface area (Å²) in [7, 11) is 0. The standard InChI is InChI=1S/C8H7ClN2OS2/c9-8-7(10-11-14-8)5-12-4-6-2-1-3-13-6/h1-3H,4-5H2. The van der Waals surface area contributed by atoms with Gasteiger partial charge in [-0.05, 0) is 11.4 Å². The highest BCUT2D eigenvalue weighted by atomic mass is 35.5. The molecule has 6 heteroatoms. The van der Waals surface area contributed by atoms with Gasteiger partial charge in [-0.1, -0.05) is 22.2 Å². The number of hydrogen-bond acceptors (Lipinski definition) is 5. The van der Waals surface area contributed by atoms with Crippen LogP contribution < -0.4 is 0 Å². The second kappa shape index (κ2) is 4.84. The smallest absolute Gasteiger partial charge is 0.139 e. The Morgan fingerprint density at radius 1 is 1.43 bits per heavy atom. The molecule has 0 saturated carbocycles. The van der Waals surface area contributed by atoms with Crippen LogP contribution in [0.5, 0.6) is 0 Å². The Kier molecular flexibility index (Phi) is 3.47. The van der Waals surface area contributed by atoms with Crippen LogP contribution in [0.4, 0.5) is 0 Å². The minimum atomic E-state index is 0.424. The van der Waals surface area contributed by atoms with E-state index < -0.39 is 0 Å². The maximum absolute atomic E-state index is 5.82. The van der Waals surface area contributed by atoms with Crippen molar-refractivity contribution in [1.29, 1.82) is 0 Å². The van der Waals surface area contributed by atoms with Gasteiger partial charge in [0.25, 0.3) is 0 Å². The number of rotatable bonds is 4. The average molecular weight is 247 g/mol. The number of halogens is 1. The summed E-state index contributed by atoms with van der Waals surface area (Å²) >= 11 is 8.67. The summed E-state index contributed by atoms with van der Waals surface area (Å²) in [5.41, 5.74) is 0.716. The highest BCUT2D eigenvalue weighted by molar-refractivity contribution is 7.10. The van der Waals surface area contributed by atoms with Crippen molar-refractivity contribution in [2.45, 2.75) is 13.2 Å². The predicted octanol–water partition coefficient (Wildman–Crippen LogP) is 2.97. The molecular weight excluding hydrogens is 240 g/mol. The zero-order chi connectivity index (χ0) is 9.80. The monoisotopic (exact) mass is 246 g/mol. The molecule has 0 amide bonds. The third kappa shape index (κ3) is 2.51. The van der Waals surface area contributed by atoms with E-state index >= 15 is 0 Å². The zero-order valence-corrected chi connectivity index (χ0v) is 9.53. The van der Waals surface area contributed by atoms with Gasteiger partial charge in [-0.25, -0.2) is 0 Å². The van der Waals surface area contributed by atoms with Crippen LogP contribution in [0.25, 0.3) is 0 Å². The molecule has 0 aliphatic rings. The first kappa shape index (κ1) is 10.0. The molecule has 74 valence electrons. The fraction of sp³-hybridized carbons (Fsp3) is 0.250. The van der Waals surface area contributed by atoms with Crippen molar-refractivity contribution in [1.82, 2.24) is 9.59 Å². The number of nitrogens with zero attached hydrogens (tertiary/aromatic N) is 2. The van der Waals surface area contributed by atoms with Gasteiger partial charge in [0.15, 0.2) is 0 Å². The maximum Gasteiger partial charge on any atom is 0.139 e. The van der Waals surface area contributed by atoms with Crippen molar-refractivity contribution in [3.05, 3.63) is 32.4 Å². The van der Waals surface area contributed by atoms with Crippen molar-refractivity contribution in [2.24, 2.45) is 0 Å². The minimum Gasteiger partial charge on any atom is -0.369 e. The van der Waals surface area contributed by atoms with Crippen LogP contribution in [-0.2, 0) is 18.0 Å². The first-order valence-electron chi connectivity index (χ1n) is 3.93. The van der Waals surface area contributed by atoms with Crippen LogP contribution in [0.1, 0.15) is 10.6 Å². The van der Waals surface area contributed by atoms with E-state index in [4.69, 9.17) is 16.3 Å². The van der Waals surface area contributed by atoms with Crippen LogP contribution in [0.3, 0.4) is 0 Å². The van der Waals surface area contributed by atoms with Gasteiger partial charge in [0.05, 0.1) is 13.2 Å². The second-order valence-electron chi connectivity index (χ2n) is 2.57. The maximum atomic E-state index is 5.82. The number of aromatic nitrogens is 2. The molecule has 0 aliphatic carbocycles. The van der Waals surface area contributed by atoms with E-state index in [1.807, 2.05) is 17.5 Å². The molecule has 0 atom stereocenters. The van der Waals surface area contributed by atoms with Crippen LogP contribution in [0, 0.1) is 0 Å². The Bertz CT molecular complexity index is 388. The quantitative estimate of drug-likeness (QED) is 0.832. The zero-order valence-electron chi connectivity index (χ0n) is 7.14. The van der Waals surface area contributed by atoms with Crippen LogP contribution >= 0.6 is 34.5 Å². The SMILES string of the molecule is Clc1snnc1COCc1cccs1. The van der Waals surface area contributed by atoms with E-state index in [2.05, 4.69) is 9.59 Å². The lowest BCUT2D eigenvalue weighted by Crippen LogP contribution is -1.93. The Hall–Kier alpha value is -0.490. The van der Waals surface area contributed by atoms with E-state index in [9.17, 15) is 0 Å². The normalized spacial score (nSPS) is 10.6. The Labute approximate surface area is 94.5 Å². The predicted molar refractivity (Wildman–Crippen MR) is 57.7 cm³/mol. The van der Waals surface area contributed by atoms with Gasteiger partial charge in [-0.2, -0.15) is 0 Å². The van der Waals surface area contributed by atoms with Crippen molar-refractivity contribution in [2.75, 3.05) is 0 Å². The lowest BCUT2D eigenvalue weighted by Gasteiger charge is -1.98. The summed E-state index contributed by atoms with van der Waals surface area (Å²) < 4.78 is 9.76. The summed E-state index contributed by atoms with van der Waals surface area (Å²) in [4.78, 5) is 1.20. The molecular formula is C8H7ClN2OS2. The molecule has 0 fully saturated rings. The third-order valence-corrected chi connectivity index (χ3v) is 3.41. The first-order chi connectivity index (χ1) is 6.86. The van der Waals surface area contributed by atoms with E-state index in [1.165, 1.54) is 16.4 Å². The largest absolute Gasteiger partial charge is 0.369 e. The van der Waals surface area contributed by atoms with Crippen LogP contribution in [0.15, 0.2) is 17.5 Å². The van der Waals surface area contributed by atoms with E-state index in [-0.39, 0.29) is 0 Å². The molecule has 2 rings (SSSR count). The van der Waals surface area contributed by atoms with Crippen LogP contribution in [-0.4, -0.2) is 9.59 Å². The van der Waals surface area contributed by atoms with E-state index in [0.29, 0.717) is 23.2 Å². The van der Waals surface area contributed by atoms with Gasteiger partial charge in [0.2, 0.25) is 0 Å². The highest BCUT2D eigenvalue weighted by Gasteiger charge is 2.04. The van der Waals surface area contributed by atoms with Crippen molar-refractivity contribution in [3.63, 3.8) is 0 Å². The van der Waals surface area contributed by atoms with Gasteiger partial charge < -0.3 is 4.74 Å². The Morgan fingerprint density at radius 3 is 3.00 bits per heavy atom. The summed E-state index contributed by atoms with van der Waals surface area (Å²) in [5, 5.41) is 5.87. The van der Waals surface area contributed by atoms with E-state index in [0.717, 1.165) is 0 Å². The molecule has 0 saturated heterocycles. The molecule has 14 heavy (non-hydrogen) atoms. The summed E-state index contributed by atoms with van der Waals surface area (Å²) in [5.74, 6) is 0. The molecule has 2 aromatic rings. The average Bonchev–Trinajstić information content (AvgIpc) is 2.78. The molecule has 0 spiro atoms. The summed E-state index contributed by atoms with van der Waals surface area (Å²) in [6.07, 6.45) is 0. The molecule has 0 N–H and O–H groups in total.